The van der Waals surface area contributed by atoms with Gasteiger partial charge in [-0.05, 0) is 19.1 Å². The van der Waals surface area contributed by atoms with Crippen molar-refractivity contribution in [1.82, 2.24) is 15.2 Å². The Morgan fingerprint density at radius 1 is 1.44 bits per heavy atom. The average Bonchev–Trinajstić information content (AvgIpc) is 2.65. The Morgan fingerprint density at radius 3 is 2.81 bits per heavy atom. The van der Waals surface area contributed by atoms with E-state index in [9.17, 15) is 4.79 Å². The molecule has 0 bridgehead atoms. The molecule has 5 nitrogen and oxygen atoms in total. The maximum Gasteiger partial charge on any atom is 0.259 e. The lowest BCUT2D eigenvalue weighted by molar-refractivity contribution is 0.102. The van der Waals surface area contributed by atoms with Crippen molar-refractivity contribution in [2.45, 2.75) is 6.92 Å². The Labute approximate surface area is 101 Å². The van der Waals surface area contributed by atoms with Crippen LogP contribution in [0, 0.1) is 6.92 Å². The van der Waals surface area contributed by atoms with Crippen LogP contribution >= 0.6 is 22.9 Å². The van der Waals surface area contributed by atoms with E-state index in [4.69, 9.17) is 11.6 Å². The quantitative estimate of drug-likeness (QED) is 0.834. The van der Waals surface area contributed by atoms with Crippen molar-refractivity contribution in [1.29, 1.82) is 0 Å². The minimum atomic E-state index is -0.277. The zero-order chi connectivity index (χ0) is 11.5. The summed E-state index contributed by atoms with van der Waals surface area (Å²) in [6.07, 6.45) is 1.41. The number of rotatable bonds is 2. The van der Waals surface area contributed by atoms with Crippen LogP contribution < -0.4 is 5.32 Å². The molecule has 7 heteroatoms. The van der Waals surface area contributed by atoms with Gasteiger partial charge in [-0.15, -0.1) is 10.2 Å². The number of hydrogen-bond acceptors (Lipinski definition) is 5. The van der Waals surface area contributed by atoms with Crippen molar-refractivity contribution in [3.63, 3.8) is 0 Å². The van der Waals surface area contributed by atoms with Crippen molar-refractivity contribution < 1.29 is 4.79 Å². The number of aromatic nitrogens is 3. The smallest absolute Gasteiger partial charge is 0.259 e. The Kier molecular flexibility index (Phi) is 3.12. The number of anilines is 1. The van der Waals surface area contributed by atoms with E-state index in [-0.39, 0.29) is 5.91 Å². The number of nitrogens with zero attached hydrogens (tertiary/aromatic N) is 3. The van der Waals surface area contributed by atoms with Gasteiger partial charge in [0, 0.05) is 6.20 Å². The van der Waals surface area contributed by atoms with Crippen LogP contribution in [-0.2, 0) is 0 Å². The van der Waals surface area contributed by atoms with Crippen LogP contribution in [0.1, 0.15) is 15.4 Å². The van der Waals surface area contributed by atoms with Gasteiger partial charge < -0.3 is 0 Å². The maximum atomic E-state index is 11.7. The second-order valence-electron chi connectivity index (χ2n) is 2.95. The van der Waals surface area contributed by atoms with Gasteiger partial charge in [0.1, 0.15) is 10.2 Å². The summed E-state index contributed by atoms with van der Waals surface area (Å²) in [5.41, 5.74) is 0.428. The largest absolute Gasteiger partial charge is 0.296 e. The number of aryl methyl sites for hydroxylation is 1. The SMILES string of the molecule is Cc1nnc(NC(=O)c2ccc(Cl)nc2)s1. The zero-order valence-corrected chi connectivity index (χ0v) is 9.84. The van der Waals surface area contributed by atoms with Crippen molar-refractivity contribution >= 4 is 34.0 Å². The maximum absolute atomic E-state index is 11.7. The van der Waals surface area contributed by atoms with Crippen LogP contribution in [0.2, 0.25) is 5.15 Å². The molecule has 1 amide bonds. The second-order valence-corrected chi connectivity index (χ2v) is 4.52. The second kappa shape index (κ2) is 4.54. The molecule has 0 saturated carbocycles. The fraction of sp³-hybridized carbons (Fsp3) is 0.111. The number of carbonyl (C=O) groups is 1. The fourth-order valence-electron chi connectivity index (χ4n) is 1.03. The minimum absolute atomic E-state index is 0.277. The third-order valence-electron chi connectivity index (χ3n) is 1.74. The van der Waals surface area contributed by atoms with Crippen LogP contribution in [0.25, 0.3) is 0 Å². The van der Waals surface area contributed by atoms with E-state index in [1.54, 1.807) is 12.1 Å². The van der Waals surface area contributed by atoms with Crippen LogP contribution in [0.15, 0.2) is 18.3 Å². The van der Waals surface area contributed by atoms with Gasteiger partial charge in [0.25, 0.3) is 5.91 Å². The Bertz CT molecular complexity index is 510. The van der Waals surface area contributed by atoms with Gasteiger partial charge in [-0.25, -0.2) is 4.98 Å². The number of hydrogen-bond donors (Lipinski definition) is 1. The molecule has 2 aromatic rings. The number of amides is 1. The standard InChI is InChI=1S/C9H7ClN4OS/c1-5-13-14-9(16-5)12-8(15)6-2-3-7(10)11-4-6/h2-4H,1H3,(H,12,14,15). The summed E-state index contributed by atoms with van der Waals surface area (Å²) in [6, 6.07) is 3.15. The van der Waals surface area contributed by atoms with E-state index >= 15 is 0 Å². The number of halogens is 1. The molecular weight excluding hydrogens is 248 g/mol. The number of nitrogens with one attached hydrogen (secondary N) is 1. The van der Waals surface area contributed by atoms with E-state index in [0.717, 1.165) is 5.01 Å². The predicted octanol–water partition coefficient (Wildman–Crippen LogP) is 2.15. The van der Waals surface area contributed by atoms with Crippen molar-refractivity contribution in [3.05, 3.63) is 34.1 Å². The van der Waals surface area contributed by atoms with E-state index in [1.165, 1.54) is 17.5 Å². The lowest BCUT2D eigenvalue weighted by Crippen LogP contribution is -2.11. The van der Waals surface area contributed by atoms with Gasteiger partial charge in [0.2, 0.25) is 5.13 Å². The summed E-state index contributed by atoms with van der Waals surface area (Å²) in [6.45, 7) is 1.82. The molecule has 0 radical (unpaired) electrons. The Hall–Kier alpha value is -1.53. The highest BCUT2D eigenvalue weighted by Crippen LogP contribution is 2.15. The molecule has 0 aliphatic carbocycles. The van der Waals surface area contributed by atoms with Gasteiger partial charge in [-0.2, -0.15) is 0 Å². The predicted molar refractivity (Wildman–Crippen MR) is 61.8 cm³/mol. The summed E-state index contributed by atoms with van der Waals surface area (Å²) in [4.78, 5) is 15.5. The molecule has 0 fully saturated rings. The Balaban J connectivity index is 2.11. The third kappa shape index (κ3) is 2.53. The molecule has 1 N–H and O–H groups in total. The summed E-state index contributed by atoms with van der Waals surface area (Å²) in [5, 5.41) is 11.8. The lowest BCUT2D eigenvalue weighted by Gasteiger charge is -1.99. The van der Waals surface area contributed by atoms with Crippen LogP contribution in [0.4, 0.5) is 5.13 Å². The first-order valence-corrected chi connectivity index (χ1v) is 5.57. The molecular formula is C9H7ClN4OS. The summed E-state index contributed by atoms with van der Waals surface area (Å²) < 4.78 is 0. The molecule has 16 heavy (non-hydrogen) atoms. The van der Waals surface area contributed by atoms with Crippen LogP contribution in [0.5, 0.6) is 0 Å². The highest BCUT2D eigenvalue weighted by Gasteiger charge is 2.09. The molecule has 0 aromatic carbocycles. The molecule has 0 spiro atoms. The molecule has 82 valence electrons. The summed E-state index contributed by atoms with van der Waals surface area (Å²) in [7, 11) is 0. The molecule has 2 rings (SSSR count). The molecule has 0 saturated heterocycles. The van der Waals surface area contributed by atoms with Crippen molar-refractivity contribution in [2.75, 3.05) is 5.32 Å². The lowest BCUT2D eigenvalue weighted by atomic mass is 10.3. The molecule has 0 aliphatic heterocycles. The fourth-order valence-corrected chi connectivity index (χ4v) is 1.73. The van der Waals surface area contributed by atoms with Crippen molar-refractivity contribution in [3.8, 4) is 0 Å². The molecule has 0 aliphatic rings. The molecule has 0 atom stereocenters. The van der Waals surface area contributed by atoms with Crippen LogP contribution in [0.3, 0.4) is 0 Å². The van der Waals surface area contributed by atoms with Gasteiger partial charge in [-0.3, -0.25) is 10.1 Å². The minimum Gasteiger partial charge on any atom is -0.296 e. The van der Waals surface area contributed by atoms with E-state index in [1.807, 2.05) is 6.92 Å². The monoisotopic (exact) mass is 254 g/mol. The molecule has 2 heterocycles. The highest BCUT2D eigenvalue weighted by molar-refractivity contribution is 7.15. The topological polar surface area (TPSA) is 67.8 Å². The van der Waals surface area contributed by atoms with E-state index in [0.29, 0.717) is 15.8 Å². The summed E-state index contributed by atoms with van der Waals surface area (Å²) >= 11 is 6.93. The third-order valence-corrected chi connectivity index (χ3v) is 2.71. The van der Waals surface area contributed by atoms with Crippen LogP contribution in [-0.4, -0.2) is 21.1 Å². The zero-order valence-electron chi connectivity index (χ0n) is 8.27. The average molecular weight is 255 g/mol. The van der Waals surface area contributed by atoms with E-state index < -0.39 is 0 Å². The molecule has 0 unspecified atom stereocenters. The summed E-state index contributed by atoms with van der Waals surface area (Å²) in [5.74, 6) is -0.277. The highest BCUT2D eigenvalue weighted by atomic mass is 35.5. The van der Waals surface area contributed by atoms with E-state index in [2.05, 4.69) is 20.5 Å². The molecule has 2 aromatic heterocycles. The first kappa shape index (κ1) is 11.0. The Morgan fingerprint density at radius 2 is 2.25 bits per heavy atom. The first-order valence-electron chi connectivity index (χ1n) is 4.38. The van der Waals surface area contributed by atoms with Crippen molar-refractivity contribution in [2.24, 2.45) is 0 Å². The van der Waals surface area contributed by atoms with Gasteiger partial charge >= 0.3 is 0 Å². The van der Waals surface area contributed by atoms with Gasteiger partial charge in [-0.1, -0.05) is 22.9 Å². The normalized spacial score (nSPS) is 10.1. The number of pyridine rings is 1. The van der Waals surface area contributed by atoms with Gasteiger partial charge in [0.05, 0.1) is 5.56 Å². The van der Waals surface area contributed by atoms with Gasteiger partial charge in [0.15, 0.2) is 0 Å². The first-order chi connectivity index (χ1) is 7.65. The number of carbonyl (C=O) groups excluding carboxylic acids is 1.